The van der Waals surface area contributed by atoms with Crippen molar-refractivity contribution in [2.75, 3.05) is 12.0 Å². The fourth-order valence-electron chi connectivity index (χ4n) is 1.64. The van der Waals surface area contributed by atoms with Crippen LogP contribution in [0.2, 0.25) is 10.0 Å². The Balaban J connectivity index is 2.20. The molecule has 94 valence electrons. The highest BCUT2D eigenvalue weighted by molar-refractivity contribution is 8.00. The lowest BCUT2D eigenvalue weighted by molar-refractivity contribution is 0.127. The Labute approximate surface area is 114 Å². The van der Waals surface area contributed by atoms with Crippen LogP contribution in [0.1, 0.15) is 13.3 Å². The fraction of sp³-hybridized carbons (Fsp3) is 0.500. The predicted molar refractivity (Wildman–Crippen MR) is 71.7 cm³/mol. The van der Waals surface area contributed by atoms with Crippen molar-refractivity contribution in [3.63, 3.8) is 0 Å². The number of nitrogens with zero attached hydrogens (tertiary/aromatic N) is 1. The van der Waals surface area contributed by atoms with E-state index in [2.05, 4.69) is 17.3 Å². The predicted octanol–water partition coefficient (Wildman–Crippen LogP) is 2.94. The summed E-state index contributed by atoms with van der Waals surface area (Å²) in [6.45, 7) is 2.84. The number of pyridine rings is 1. The number of hydrazine groups is 1. The molecule has 0 aromatic carbocycles. The first-order valence-electron chi connectivity index (χ1n) is 5.22. The SMILES string of the molecule is CC1OCCC1Sc1nc(NN)c(Cl)cc1Cl. The van der Waals surface area contributed by atoms with Crippen LogP contribution in [0.3, 0.4) is 0 Å². The lowest BCUT2D eigenvalue weighted by atomic mass is 10.3. The van der Waals surface area contributed by atoms with Gasteiger partial charge in [0.1, 0.15) is 5.03 Å². The van der Waals surface area contributed by atoms with Gasteiger partial charge < -0.3 is 10.2 Å². The first kappa shape index (κ1) is 13.2. The van der Waals surface area contributed by atoms with Crippen LogP contribution in [-0.4, -0.2) is 22.9 Å². The van der Waals surface area contributed by atoms with Crippen LogP contribution >= 0.6 is 35.0 Å². The average Bonchev–Trinajstić information content (AvgIpc) is 2.68. The molecule has 3 N–H and O–H groups in total. The summed E-state index contributed by atoms with van der Waals surface area (Å²) >= 11 is 13.6. The van der Waals surface area contributed by atoms with E-state index in [0.29, 0.717) is 21.1 Å². The van der Waals surface area contributed by atoms with Gasteiger partial charge in [-0.2, -0.15) is 0 Å². The van der Waals surface area contributed by atoms with Crippen LogP contribution < -0.4 is 11.3 Å². The van der Waals surface area contributed by atoms with Crippen molar-refractivity contribution in [2.24, 2.45) is 5.84 Å². The van der Waals surface area contributed by atoms with Gasteiger partial charge in [0, 0.05) is 11.9 Å². The fourth-order valence-corrected chi connectivity index (χ4v) is 3.28. The van der Waals surface area contributed by atoms with Crippen LogP contribution in [0.4, 0.5) is 5.82 Å². The number of halogens is 2. The Kier molecular flexibility index (Phi) is 4.38. The zero-order valence-corrected chi connectivity index (χ0v) is 11.6. The molecule has 1 aromatic rings. The molecule has 1 aliphatic heterocycles. The Bertz CT molecular complexity index is 419. The highest BCUT2D eigenvalue weighted by Crippen LogP contribution is 2.37. The average molecular weight is 294 g/mol. The third-order valence-electron chi connectivity index (χ3n) is 2.60. The van der Waals surface area contributed by atoms with E-state index in [1.54, 1.807) is 17.8 Å². The normalized spacial score (nSPS) is 24.0. The molecule has 17 heavy (non-hydrogen) atoms. The lowest BCUT2D eigenvalue weighted by Gasteiger charge is -2.14. The standard InChI is InChI=1S/C10H13Cl2N3OS/c1-5-8(2-3-16-5)17-10-7(12)4-6(11)9(14-10)15-13/h4-5,8H,2-3,13H2,1H3,(H,14,15). The quantitative estimate of drug-likeness (QED) is 0.663. The van der Waals surface area contributed by atoms with Crippen molar-refractivity contribution in [1.82, 2.24) is 4.98 Å². The maximum absolute atomic E-state index is 6.11. The molecule has 0 aliphatic carbocycles. The largest absolute Gasteiger partial charge is 0.377 e. The third kappa shape index (κ3) is 2.98. The van der Waals surface area contributed by atoms with Crippen molar-refractivity contribution < 1.29 is 4.74 Å². The smallest absolute Gasteiger partial charge is 0.160 e. The number of nitrogens with one attached hydrogen (secondary N) is 1. The summed E-state index contributed by atoms with van der Waals surface area (Å²) in [6, 6.07) is 1.65. The number of nitrogen functional groups attached to an aromatic ring is 1. The minimum absolute atomic E-state index is 0.211. The van der Waals surface area contributed by atoms with E-state index in [9.17, 15) is 0 Å². The minimum atomic E-state index is 0.211. The van der Waals surface area contributed by atoms with Gasteiger partial charge in [0.05, 0.1) is 16.1 Å². The molecule has 0 amide bonds. The van der Waals surface area contributed by atoms with E-state index in [1.165, 1.54) is 0 Å². The van der Waals surface area contributed by atoms with Crippen molar-refractivity contribution in [3.05, 3.63) is 16.1 Å². The zero-order chi connectivity index (χ0) is 12.4. The van der Waals surface area contributed by atoms with Gasteiger partial charge in [-0.25, -0.2) is 10.8 Å². The molecule has 1 aromatic heterocycles. The number of anilines is 1. The molecule has 2 rings (SSSR count). The van der Waals surface area contributed by atoms with E-state index in [1.807, 2.05) is 0 Å². The molecule has 1 aliphatic rings. The maximum Gasteiger partial charge on any atom is 0.160 e. The monoisotopic (exact) mass is 293 g/mol. The van der Waals surface area contributed by atoms with Crippen LogP contribution in [0.25, 0.3) is 0 Å². The van der Waals surface area contributed by atoms with Crippen molar-refractivity contribution in [1.29, 1.82) is 0 Å². The van der Waals surface area contributed by atoms with Gasteiger partial charge >= 0.3 is 0 Å². The highest BCUT2D eigenvalue weighted by Gasteiger charge is 2.26. The molecular weight excluding hydrogens is 281 g/mol. The molecule has 2 atom stereocenters. The van der Waals surface area contributed by atoms with Crippen LogP contribution in [0.5, 0.6) is 0 Å². The molecule has 7 heteroatoms. The minimum Gasteiger partial charge on any atom is -0.377 e. The number of thioether (sulfide) groups is 1. The second-order valence-electron chi connectivity index (χ2n) is 3.77. The molecule has 1 saturated heterocycles. The second-order valence-corrected chi connectivity index (χ2v) is 5.81. The third-order valence-corrected chi connectivity index (χ3v) is 4.75. The molecular formula is C10H13Cl2N3OS. The molecule has 4 nitrogen and oxygen atoms in total. The Morgan fingerprint density at radius 1 is 1.53 bits per heavy atom. The van der Waals surface area contributed by atoms with Crippen molar-refractivity contribution in [3.8, 4) is 0 Å². The number of aromatic nitrogens is 1. The molecule has 1 fully saturated rings. The summed E-state index contributed by atoms with van der Waals surface area (Å²) < 4.78 is 5.50. The zero-order valence-electron chi connectivity index (χ0n) is 9.24. The number of ether oxygens (including phenoxy) is 1. The summed E-state index contributed by atoms with van der Waals surface area (Å²) in [7, 11) is 0. The van der Waals surface area contributed by atoms with Gasteiger partial charge in [0.15, 0.2) is 5.82 Å². The summed E-state index contributed by atoms with van der Waals surface area (Å²) in [4.78, 5) is 4.30. The van der Waals surface area contributed by atoms with Crippen LogP contribution in [-0.2, 0) is 4.74 Å². The number of hydrogen-bond acceptors (Lipinski definition) is 5. The Morgan fingerprint density at radius 3 is 2.88 bits per heavy atom. The van der Waals surface area contributed by atoms with Gasteiger partial charge in [-0.05, 0) is 19.4 Å². The number of hydrogen-bond donors (Lipinski definition) is 2. The molecule has 2 unspecified atom stereocenters. The van der Waals surface area contributed by atoms with Gasteiger partial charge in [-0.3, -0.25) is 0 Å². The highest BCUT2D eigenvalue weighted by atomic mass is 35.5. The molecule has 0 bridgehead atoms. The molecule has 0 spiro atoms. The summed E-state index contributed by atoms with van der Waals surface area (Å²) in [5.41, 5.74) is 2.45. The van der Waals surface area contributed by atoms with E-state index in [0.717, 1.165) is 18.1 Å². The van der Waals surface area contributed by atoms with E-state index >= 15 is 0 Å². The number of nitrogens with two attached hydrogens (primary N) is 1. The van der Waals surface area contributed by atoms with Gasteiger partial charge in [0.2, 0.25) is 0 Å². The van der Waals surface area contributed by atoms with E-state index in [-0.39, 0.29) is 6.10 Å². The van der Waals surface area contributed by atoms with Gasteiger partial charge in [-0.1, -0.05) is 35.0 Å². The van der Waals surface area contributed by atoms with E-state index in [4.69, 9.17) is 33.8 Å². The topological polar surface area (TPSA) is 60.2 Å². The number of rotatable bonds is 3. The van der Waals surface area contributed by atoms with Crippen molar-refractivity contribution >= 4 is 40.8 Å². The van der Waals surface area contributed by atoms with Gasteiger partial charge in [-0.15, -0.1) is 0 Å². The van der Waals surface area contributed by atoms with Crippen LogP contribution in [0.15, 0.2) is 11.1 Å². The molecule has 2 heterocycles. The summed E-state index contributed by atoms with van der Waals surface area (Å²) in [6.07, 6.45) is 1.21. The lowest BCUT2D eigenvalue weighted by Crippen LogP contribution is -2.14. The molecule has 0 saturated carbocycles. The Hall–Kier alpha value is -0.200. The summed E-state index contributed by atoms with van der Waals surface area (Å²) in [5.74, 6) is 5.77. The van der Waals surface area contributed by atoms with Crippen molar-refractivity contribution in [2.45, 2.75) is 29.7 Å². The first-order chi connectivity index (χ1) is 8.11. The van der Waals surface area contributed by atoms with Gasteiger partial charge in [0.25, 0.3) is 0 Å². The second kappa shape index (κ2) is 5.63. The maximum atomic E-state index is 6.11. The molecule has 0 radical (unpaired) electrons. The summed E-state index contributed by atoms with van der Waals surface area (Å²) in [5, 5.41) is 2.05. The first-order valence-corrected chi connectivity index (χ1v) is 6.86. The van der Waals surface area contributed by atoms with Crippen LogP contribution in [0, 0.1) is 0 Å². The van der Waals surface area contributed by atoms with E-state index < -0.39 is 0 Å². The Morgan fingerprint density at radius 2 is 2.29 bits per heavy atom.